The largest absolute Gasteiger partial charge is 0.497 e. The van der Waals surface area contributed by atoms with Crippen molar-refractivity contribution in [2.45, 2.75) is 44.5 Å². The van der Waals surface area contributed by atoms with Gasteiger partial charge < -0.3 is 24.2 Å². The highest BCUT2D eigenvalue weighted by Gasteiger charge is 2.52. The third-order valence-corrected chi connectivity index (χ3v) is 4.08. The molecule has 0 aromatic heterocycles. The van der Waals surface area contributed by atoms with Gasteiger partial charge in [-0.3, -0.25) is 0 Å². The number of ether oxygens (including phenoxy) is 3. The van der Waals surface area contributed by atoms with Crippen LogP contribution in [0, 0.1) is 0 Å². The Kier molecular flexibility index (Phi) is 3.67. The van der Waals surface area contributed by atoms with Crippen LogP contribution in [0.3, 0.4) is 0 Å². The molecule has 0 radical (unpaired) electrons. The van der Waals surface area contributed by atoms with Gasteiger partial charge in [-0.1, -0.05) is 0 Å². The van der Waals surface area contributed by atoms with Crippen molar-refractivity contribution in [1.29, 1.82) is 0 Å². The number of hydrogen-bond acceptors (Lipinski definition) is 5. The molecule has 2 aliphatic heterocycles. The molecular weight excluding hydrogens is 298 g/mol. The van der Waals surface area contributed by atoms with Crippen molar-refractivity contribution in [3.8, 4) is 11.5 Å². The van der Waals surface area contributed by atoms with Crippen LogP contribution in [0.2, 0.25) is 0 Å². The van der Waals surface area contributed by atoms with Gasteiger partial charge in [0.15, 0.2) is 0 Å². The van der Waals surface area contributed by atoms with E-state index in [0.717, 1.165) is 5.56 Å². The number of rotatable bonds is 1. The highest BCUT2D eigenvalue weighted by atomic mass is 16.6. The zero-order valence-electron chi connectivity index (χ0n) is 14.0. The van der Waals surface area contributed by atoms with Gasteiger partial charge in [0.2, 0.25) is 0 Å². The number of carbonyl (C=O) groups excluding carboxylic acids is 1. The van der Waals surface area contributed by atoms with Gasteiger partial charge in [-0.05, 0) is 39.0 Å². The van der Waals surface area contributed by atoms with E-state index in [1.165, 1.54) is 0 Å². The van der Waals surface area contributed by atoms with Crippen molar-refractivity contribution in [3.63, 3.8) is 0 Å². The van der Waals surface area contributed by atoms with E-state index < -0.39 is 17.3 Å². The minimum atomic E-state index is -0.630. The first-order valence-corrected chi connectivity index (χ1v) is 7.74. The molecule has 1 saturated heterocycles. The average molecular weight is 321 g/mol. The molecule has 0 aliphatic carbocycles. The second kappa shape index (κ2) is 5.30. The van der Waals surface area contributed by atoms with Gasteiger partial charge in [-0.2, -0.15) is 0 Å². The normalized spacial score (nSPS) is 22.0. The summed E-state index contributed by atoms with van der Waals surface area (Å²) < 4.78 is 16.6. The van der Waals surface area contributed by atoms with E-state index in [2.05, 4.69) is 0 Å². The summed E-state index contributed by atoms with van der Waals surface area (Å²) in [6.07, 6.45) is -0.525. The molecule has 1 aromatic rings. The van der Waals surface area contributed by atoms with Crippen LogP contribution in [-0.4, -0.2) is 47.5 Å². The summed E-state index contributed by atoms with van der Waals surface area (Å²) in [7, 11) is 1.59. The lowest BCUT2D eigenvalue weighted by Crippen LogP contribution is -2.68. The van der Waals surface area contributed by atoms with E-state index in [4.69, 9.17) is 14.2 Å². The van der Waals surface area contributed by atoms with Crippen LogP contribution in [0.4, 0.5) is 4.79 Å². The van der Waals surface area contributed by atoms with E-state index >= 15 is 0 Å². The molecule has 126 valence electrons. The Labute approximate surface area is 135 Å². The van der Waals surface area contributed by atoms with Crippen LogP contribution in [0.15, 0.2) is 18.2 Å². The van der Waals surface area contributed by atoms with Crippen LogP contribution in [0.1, 0.15) is 38.9 Å². The summed E-state index contributed by atoms with van der Waals surface area (Å²) in [5.41, 5.74) is -0.320. The van der Waals surface area contributed by atoms with Crippen molar-refractivity contribution in [2.75, 3.05) is 20.2 Å². The van der Waals surface area contributed by atoms with E-state index in [0.29, 0.717) is 31.0 Å². The molecule has 0 unspecified atom stereocenters. The van der Waals surface area contributed by atoms with Gasteiger partial charge in [-0.25, -0.2) is 4.79 Å². The van der Waals surface area contributed by atoms with Gasteiger partial charge in [0, 0.05) is 12.0 Å². The predicted octanol–water partition coefficient (Wildman–Crippen LogP) is 2.50. The van der Waals surface area contributed by atoms with E-state index in [1.54, 1.807) is 30.2 Å². The number of aliphatic hydroxyl groups is 1. The highest BCUT2D eigenvalue weighted by molar-refractivity contribution is 5.70. The number of methoxy groups -OCH3 is 1. The number of hydrogen-bond donors (Lipinski definition) is 1. The first-order valence-electron chi connectivity index (χ1n) is 7.74. The third-order valence-electron chi connectivity index (χ3n) is 4.08. The fourth-order valence-electron chi connectivity index (χ4n) is 3.04. The highest BCUT2D eigenvalue weighted by Crippen LogP contribution is 2.45. The number of benzene rings is 1. The number of fused-ring (bicyclic) bond motifs is 1. The number of nitrogens with zero attached hydrogens (tertiary/aromatic N) is 1. The third kappa shape index (κ3) is 3.08. The summed E-state index contributed by atoms with van der Waals surface area (Å²) >= 11 is 0. The zero-order chi connectivity index (χ0) is 16.8. The second-order valence-electron chi connectivity index (χ2n) is 7.25. The van der Waals surface area contributed by atoms with E-state index in [1.807, 2.05) is 20.8 Å². The summed E-state index contributed by atoms with van der Waals surface area (Å²) in [5.74, 6) is 1.33. The molecule has 1 aromatic carbocycles. The molecule has 1 atom stereocenters. The Bertz CT molecular complexity index is 616. The number of likely N-dealkylation sites (tertiary alicyclic amines) is 1. The fraction of sp³-hybridized carbons (Fsp3) is 0.588. The number of aliphatic hydroxyl groups excluding tert-OH is 1. The van der Waals surface area contributed by atoms with Crippen LogP contribution in [-0.2, 0) is 4.74 Å². The predicted molar refractivity (Wildman–Crippen MR) is 83.7 cm³/mol. The van der Waals surface area contributed by atoms with Gasteiger partial charge in [-0.15, -0.1) is 0 Å². The maximum absolute atomic E-state index is 12.0. The maximum Gasteiger partial charge on any atom is 0.410 e. The zero-order valence-corrected chi connectivity index (χ0v) is 14.0. The molecule has 23 heavy (non-hydrogen) atoms. The monoisotopic (exact) mass is 321 g/mol. The van der Waals surface area contributed by atoms with Crippen molar-refractivity contribution < 1.29 is 24.1 Å². The number of amides is 1. The summed E-state index contributed by atoms with van der Waals surface area (Å²) in [6, 6.07) is 5.39. The Morgan fingerprint density at radius 2 is 2.09 bits per heavy atom. The van der Waals surface area contributed by atoms with E-state index in [-0.39, 0.29) is 6.09 Å². The second-order valence-corrected chi connectivity index (χ2v) is 7.25. The van der Waals surface area contributed by atoms with Crippen LogP contribution in [0.25, 0.3) is 0 Å². The van der Waals surface area contributed by atoms with Gasteiger partial charge in [0.05, 0.1) is 26.3 Å². The lowest BCUT2D eigenvalue weighted by molar-refractivity contribution is -0.114. The Hall–Kier alpha value is -1.95. The molecule has 2 heterocycles. The SMILES string of the molecule is COc1ccc2c(c1)[C@@H](O)CC1(CN(C(=O)OC(C)(C)C)C1)O2. The first kappa shape index (κ1) is 15.9. The molecule has 6 heteroatoms. The standard InChI is InChI=1S/C17H23NO5/c1-16(2,3)23-15(20)18-9-17(10-18)8-13(19)12-7-11(21-4)5-6-14(12)22-17/h5-7,13,19H,8-10H2,1-4H3/t13-/m0/s1. The van der Waals surface area contributed by atoms with Gasteiger partial charge in [0.25, 0.3) is 0 Å². The number of carbonyl (C=O) groups is 1. The lowest BCUT2D eigenvalue weighted by atomic mass is 9.83. The molecule has 0 saturated carbocycles. The van der Waals surface area contributed by atoms with Crippen LogP contribution in [0.5, 0.6) is 11.5 Å². The van der Waals surface area contributed by atoms with Gasteiger partial charge >= 0.3 is 6.09 Å². The summed E-state index contributed by atoms with van der Waals surface area (Å²) in [6.45, 7) is 6.36. The molecule has 1 N–H and O–H groups in total. The fourth-order valence-corrected chi connectivity index (χ4v) is 3.04. The molecular formula is C17H23NO5. The molecule has 3 rings (SSSR count). The maximum atomic E-state index is 12.0. The average Bonchev–Trinajstić information content (AvgIpc) is 2.42. The van der Waals surface area contributed by atoms with Crippen molar-refractivity contribution >= 4 is 6.09 Å². The summed E-state index contributed by atoms with van der Waals surface area (Å²) in [5, 5.41) is 10.4. The topological polar surface area (TPSA) is 68.2 Å². The van der Waals surface area contributed by atoms with Crippen molar-refractivity contribution in [1.82, 2.24) is 4.90 Å². The van der Waals surface area contributed by atoms with Gasteiger partial charge in [0.1, 0.15) is 22.7 Å². The molecule has 6 nitrogen and oxygen atoms in total. The van der Waals surface area contributed by atoms with Crippen molar-refractivity contribution in [2.24, 2.45) is 0 Å². The quantitative estimate of drug-likeness (QED) is 0.861. The lowest BCUT2D eigenvalue weighted by Gasteiger charge is -2.52. The van der Waals surface area contributed by atoms with E-state index in [9.17, 15) is 9.90 Å². The van der Waals surface area contributed by atoms with Crippen molar-refractivity contribution in [3.05, 3.63) is 23.8 Å². The Morgan fingerprint density at radius 1 is 1.39 bits per heavy atom. The Morgan fingerprint density at radius 3 is 2.70 bits per heavy atom. The molecule has 1 spiro atoms. The smallest absolute Gasteiger partial charge is 0.410 e. The molecule has 0 bridgehead atoms. The minimum Gasteiger partial charge on any atom is -0.497 e. The molecule has 2 aliphatic rings. The molecule has 1 fully saturated rings. The van der Waals surface area contributed by atoms with Crippen LogP contribution < -0.4 is 9.47 Å². The Balaban J connectivity index is 1.69. The molecule has 1 amide bonds. The van der Waals surface area contributed by atoms with Crippen LogP contribution >= 0.6 is 0 Å². The minimum absolute atomic E-state index is 0.346. The summed E-state index contributed by atoms with van der Waals surface area (Å²) in [4.78, 5) is 13.7. The first-order chi connectivity index (χ1) is 10.7.